The highest BCUT2D eigenvalue weighted by atomic mass is 19.1. The van der Waals surface area contributed by atoms with Gasteiger partial charge in [-0.1, -0.05) is 74.6 Å². The van der Waals surface area contributed by atoms with Crippen LogP contribution in [0.25, 0.3) is 22.3 Å². The van der Waals surface area contributed by atoms with Crippen LogP contribution in [0.3, 0.4) is 0 Å². The monoisotopic (exact) mass is 684 g/mol. The Morgan fingerprint density at radius 2 is 0.922 bits per heavy atom. The number of benzene rings is 4. The summed E-state index contributed by atoms with van der Waals surface area (Å²) in [6, 6.07) is 21.1. The van der Waals surface area contributed by atoms with Gasteiger partial charge in [0.15, 0.2) is 17.3 Å². The van der Waals surface area contributed by atoms with Crippen molar-refractivity contribution in [1.82, 2.24) is 0 Å². The van der Waals surface area contributed by atoms with Gasteiger partial charge in [-0.15, -0.1) is 0 Å². The Hall–Kier alpha value is -6.79. The normalized spacial score (nSPS) is 10.1. The molecule has 0 radical (unpaired) electrons. The predicted molar refractivity (Wildman–Crippen MR) is 191 cm³/mol. The maximum absolute atomic E-state index is 16.5. The average molecular weight is 685 g/mol. The second-order valence-corrected chi connectivity index (χ2v) is 11.5. The molecule has 0 aliphatic carbocycles. The van der Waals surface area contributed by atoms with Crippen LogP contribution in [0.4, 0.5) is 4.39 Å². The largest absolute Gasteiger partial charge is 0.423 e. The lowest BCUT2D eigenvalue weighted by Crippen LogP contribution is -2.13. The number of rotatable bonds is 10. The van der Waals surface area contributed by atoms with Crippen LogP contribution in [-0.4, -0.2) is 23.9 Å². The zero-order valence-electron chi connectivity index (χ0n) is 28.5. The Morgan fingerprint density at radius 3 is 1.39 bits per heavy atom. The molecule has 4 rings (SSSR count). The third kappa shape index (κ3) is 9.43. The Labute approximate surface area is 295 Å². The zero-order chi connectivity index (χ0) is 37.4. The summed E-state index contributed by atoms with van der Waals surface area (Å²) in [7, 11) is 0. The highest BCUT2D eigenvalue weighted by Gasteiger charge is 2.25. The molecule has 0 unspecified atom stereocenters. The van der Waals surface area contributed by atoms with Crippen LogP contribution in [0.5, 0.6) is 23.0 Å². The third-order valence-electron chi connectivity index (χ3n) is 6.97. The van der Waals surface area contributed by atoms with Crippen LogP contribution in [-0.2, 0) is 19.2 Å². The van der Waals surface area contributed by atoms with Gasteiger partial charge in [-0.05, 0) is 86.8 Å². The van der Waals surface area contributed by atoms with Crippen molar-refractivity contribution in [3.05, 3.63) is 144 Å². The van der Waals surface area contributed by atoms with Gasteiger partial charge in [-0.25, -0.2) is 23.6 Å². The fraction of sp³-hybridized carbons (Fsp3) is 0.0952. The first-order valence-corrected chi connectivity index (χ1v) is 15.3. The summed E-state index contributed by atoms with van der Waals surface area (Å²) in [6.45, 7) is 20.2. The summed E-state index contributed by atoms with van der Waals surface area (Å²) in [5.74, 6) is 1.50. The molecule has 0 saturated carbocycles. The molecule has 0 aliphatic rings. The van der Waals surface area contributed by atoms with Crippen LogP contribution in [0.2, 0.25) is 0 Å². The molecule has 0 heterocycles. The first kappa shape index (κ1) is 37.0. The molecule has 0 saturated heterocycles. The number of halogens is 1. The van der Waals surface area contributed by atoms with E-state index in [0.717, 1.165) is 11.1 Å². The van der Waals surface area contributed by atoms with Crippen LogP contribution in [0.1, 0.15) is 38.8 Å². The predicted octanol–water partition coefficient (Wildman–Crippen LogP) is 8.49. The first-order valence-electron chi connectivity index (χ1n) is 15.3. The molecule has 0 aliphatic heterocycles. The van der Waals surface area contributed by atoms with E-state index in [1.807, 2.05) is 0 Å². The van der Waals surface area contributed by atoms with E-state index in [1.165, 1.54) is 39.0 Å². The number of esters is 4. The van der Waals surface area contributed by atoms with Gasteiger partial charge in [-0.3, -0.25) is 0 Å². The summed E-state index contributed by atoms with van der Waals surface area (Å²) in [4.78, 5) is 49.1. The van der Waals surface area contributed by atoms with E-state index < -0.39 is 35.4 Å². The molecule has 4 aromatic rings. The fourth-order valence-electron chi connectivity index (χ4n) is 4.17. The Bertz CT molecular complexity index is 2160. The van der Waals surface area contributed by atoms with Gasteiger partial charge in [0.2, 0.25) is 0 Å². The standard InChI is InChI=1S/C42H33FO8/c1-24(2)39(44)48-32-18-9-28(10-19-32)11-22-34-36(50-41(46)26(5)6)23-35(38(37(34)43)51-42(47)27(7)8)31-14-12-29(13-15-31)30-16-20-33(21-17-30)49-40(45)25(3)4/h9-10,12-21,23H,1,3,5,7H2,2,4,6,8H3. The minimum absolute atomic E-state index is 0.0194. The molecule has 8 nitrogen and oxygen atoms in total. The second kappa shape index (κ2) is 16.1. The lowest BCUT2D eigenvalue weighted by atomic mass is 9.97. The van der Waals surface area contributed by atoms with Crippen LogP contribution >= 0.6 is 0 Å². The van der Waals surface area contributed by atoms with E-state index in [2.05, 4.69) is 38.2 Å². The van der Waals surface area contributed by atoms with E-state index in [1.54, 1.807) is 67.6 Å². The minimum atomic E-state index is -1.06. The smallest absolute Gasteiger partial charge is 0.338 e. The summed E-state index contributed by atoms with van der Waals surface area (Å²) in [6.07, 6.45) is 0. The lowest BCUT2D eigenvalue weighted by Gasteiger charge is -2.16. The molecule has 0 aromatic heterocycles. The molecule has 0 atom stereocenters. The van der Waals surface area contributed by atoms with E-state index >= 15 is 4.39 Å². The molecule has 4 aromatic carbocycles. The number of carbonyl (C=O) groups excluding carboxylic acids is 4. The molecule has 51 heavy (non-hydrogen) atoms. The van der Waals surface area contributed by atoms with Crippen LogP contribution < -0.4 is 18.9 Å². The quantitative estimate of drug-likeness (QED) is 0.0709. The first-order chi connectivity index (χ1) is 24.1. The Balaban J connectivity index is 1.79. The molecule has 0 bridgehead atoms. The van der Waals surface area contributed by atoms with Gasteiger partial charge in [0.1, 0.15) is 17.1 Å². The van der Waals surface area contributed by atoms with Crippen molar-refractivity contribution in [2.45, 2.75) is 27.7 Å². The SMILES string of the molecule is C=C(C)C(=O)Oc1ccc(C#Cc2c(OC(=O)C(=C)C)cc(-c3ccc(-c4ccc(OC(=O)C(=C)C)cc4)cc3)c(OC(=O)C(=C)C)c2F)cc1. The van der Waals surface area contributed by atoms with Crippen molar-refractivity contribution in [3.8, 4) is 57.1 Å². The molecule has 9 heteroatoms. The number of hydrogen-bond acceptors (Lipinski definition) is 8. The van der Waals surface area contributed by atoms with E-state index in [9.17, 15) is 19.2 Å². The van der Waals surface area contributed by atoms with Gasteiger partial charge in [0.25, 0.3) is 0 Å². The lowest BCUT2D eigenvalue weighted by molar-refractivity contribution is -0.131. The fourth-order valence-corrected chi connectivity index (χ4v) is 4.17. The van der Waals surface area contributed by atoms with Crippen molar-refractivity contribution in [1.29, 1.82) is 0 Å². The van der Waals surface area contributed by atoms with Crippen molar-refractivity contribution in [2.75, 3.05) is 0 Å². The van der Waals surface area contributed by atoms with E-state index in [-0.39, 0.29) is 44.9 Å². The van der Waals surface area contributed by atoms with Gasteiger partial charge >= 0.3 is 23.9 Å². The zero-order valence-corrected chi connectivity index (χ0v) is 28.5. The van der Waals surface area contributed by atoms with Gasteiger partial charge < -0.3 is 18.9 Å². The maximum atomic E-state index is 16.5. The number of carbonyl (C=O) groups is 4. The number of hydrogen-bond donors (Lipinski definition) is 0. The summed E-state index contributed by atoms with van der Waals surface area (Å²) in [5, 5.41) is 0. The van der Waals surface area contributed by atoms with Gasteiger partial charge in [0, 0.05) is 33.4 Å². The van der Waals surface area contributed by atoms with Crippen LogP contribution in [0, 0.1) is 17.7 Å². The average Bonchev–Trinajstić information content (AvgIpc) is 3.09. The summed E-state index contributed by atoms with van der Waals surface area (Å²) >= 11 is 0. The second-order valence-electron chi connectivity index (χ2n) is 11.5. The Morgan fingerprint density at radius 1 is 0.529 bits per heavy atom. The maximum Gasteiger partial charge on any atom is 0.338 e. The summed E-state index contributed by atoms with van der Waals surface area (Å²) in [5.41, 5.74) is 2.69. The van der Waals surface area contributed by atoms with Crippen molar-refractivity contribution >= 4 is 23.9 Å². The third-order valence-corrected chi connectivity index (χ3v) is 6.97. The molecule has 0 fully saturated rings. The molecular weight excluding hydrogens is 651 g/mol. The Kier molecular flexibility index (Phi) is 11.7. The van der Waals surface area contributed by atoms with E-state index in [4.69, 9.17) is 18.9 Å². The molecular formula is C42H33FO8. The molecule has 256 valence electrons. The number of ether oxygens (including phenoxy) is 4. The van der Waals surface area contributed by atoms with Gasteiger partial charge in [-0.2, -0.15) is 0 Å². The minimum Gasteiger partial charge on any atom is -0.423 e. The molecule has 0 spiro atoms. The van der Waals surface area contributed by atoms with Crippen molar-refractivity contribution < 1.29 is 42.5 Å². The highest BCUT2D eigenvalue weighted by Crippen LogP contribution is 2.40. The molecule has 0 amide bonds. The van der Waals surface area contributed by atoms with Crippen molar-refractivity contribution in [3.63, 3.8) is 0 Å². The topological polar surface area (TPSA) is 105 Å². The van der Waals surface area contributed by atoms with E-state index in [0.29, 0.717) is 16.9 Å². The van der Waals surface area contributed by atoms with Crippen molar-refractivity contribution in [2.24, 2.45) is 0 Å². The highest BCUT2D eigenvalue weighted by molar-refractivity contribution is 5.92. The molecule has 0 N–H and O–H groups in total. The summed E-state index contributed by atoms with van der Waals surface area (Å²) < 4.78 is 38.0. The van der Waals surface area contributed by atoms with Gasteiger partial charge in [0.05, 0.1) is 0 Å². The van der Waals surface area contributed by atoms with Crippen LogP contribution in [0.15, 0.2) is 127 Å².